The highest BCUT2D eigenvalue weighted by Gasteiger charge is 2.28. The summed E-state index contributed by atoms with van der Waals surface area (Å²) in [6.07, 6.45) is 0.715. The van der Waals surface area contributed by atoms with Gasteiger partial charge in [0.15, 0.2) is 17.4 Å². The van der Waals surface area contributed by atoms with E-state index in [1.165, 1.54) is 0 Å². The summed E-state index contributed by atoms with van der Waals surface area (Å²) in [5.41, 5.74) is -1.41. The molecule has 0 fully saturated rings. The molecule has 1 aromatic rings. The van der Waals surface area contributed by atoms with Crippen LogP contribution in [0.15, 0.2) is 12.1 Å². The molecule has 1 unspecified atom stereocenters. The fraction of sp³-hybridized carbons (Fsp3) is 0.333. The number of carbonyl (C=O) groups is 1. The molecular weight excluding hydrogens is 258 g/mol. The topological polar surface area (TPSA) is 84.0 Å². The van der Waals surface area contributed by atoms with Gasteiger partial charge in [-0.15, -0.1) is 0 Å². The first-order valence-electron chi connectivity index (χ1n) is 5.49. The van der Waals surface area contributed by atoms with Crippen molar-refractivity contribution in [2.24, 2.45) is 5.92 Å². The number of hydrogen-bond acceptors (Lipinski definition) is 4. The molecule has 1 atom stereocenters. The third kappa shape index (κ3) is 3.10. The average molecular weight is 268 g/mol. The van der Waals surface area contributed by atoms with Crippen LogP contribution in [0.3, 0.4) is 0 Å². The SMILES string of the molecule is CCCC(C#N)C(=O)c1cc(F)c(F)cc1[N+](=O)[O-]. The molecule has 1 rings (SSSR count). The summed E-state index contributed by atoms with van der Waals surface area (Å²) < 4.78 is 26.1. The smallest absolute Gasteiger partial charge is 0.283 e. The number of benzene rings is 1. The molecule has 0 aliphatic heterocycles. The van der Waals surface area contributed by atoms with E-state index >= 15 is 0 Å². The monoisotopic (exact) mass is 268 g/mol. The maximum atomic E-state index is 13.1. The van der Waals surface area contributed by atoms with E-state index < -0.39 is 39.5 Å². The lowest BCUT2D eigenvalue weighted by molar-refractivity contribution is -0.385. The molecule has 0 saturated carbocycles. The van der Waals surface area contributed by atoms with Gasteiger partial charge in [0.05, 0.1) is 22.6 Å². The van der Waals surface area contributed by atoms with E-state index in [0.29, 0.717) is 18.6 Å². The zero-order chi connectivity index (χ0) is 14.6. The van der Waals surface area contributed by atoms with Gasteiger partial charge in [-0.05, 0) is 12.5 Å². The van der Waals surface area contributed by atoms with Crippen LogP contribution in [0, 0.1) is 39.0 Å². The van der Waals surface area contributed by atoms with Gasteiger partial charge in [-0.25, -0.2) is 8.78 Å². The van der Waals surface area contributed by atoms with Gasteiger partial charge in [0.25, 0.3) is 5.69 Å². The number of nitriles is 1. The van der Waals surface area contributed by atoms with Crippen LogP contribution in [0.1, 0.15) is 30.1 Å². The maximum absolute atomic E-state index is 13.1. The Morgan fingerprint density at radius 2 is 2.05 bits per heavy atom. The predicted octanol–water partition coefficient (Wildman–Crippen LogP) is 3.00. The summed E-state index contributed by atoms with van der Waals surface area (Å²) in [4.78, 5) is 21.7. The first-order chi connectivity index (χ1) is 8.92. The van der Waals surface area contributed by atoms with Crippen molar-refractivity contribution in [3.8, 4) is 6.07 Å². The van der Waals surface area contributed by atoms with Gasteiger partial charge < -0.3 is 0 Å². The van der Waals surface area contributed by atoms with Crippen molar-refractivity contribution in [2.45, 2.75) is 19.8 Å². The van der Waals surface area contributed by atoms with Gasteiger partial charge in [0.2, 0.25) is 0 Å². The number of rotatable bonds is 5. The van der Waals surface area contributed by atoms with E-state index in [0.717, 1.165) is 0 Å². The predicted molar refractivity (Wildman–Crippen MR) is 61.4 cm³/mol. The Bertz CT molecular complexity index is 567. The summed E-state index contributed by atoms with van der Waals surface area (Å²) in [5.74, 6) is -4.74. The number of halogens is 2. The van der Waals surface area contributed by atoms with Gasteiger partial charge in [-0.1, -0.05) is 13.3 Å². The van der Waals surface area contributed by atoms with Crippen molar-refractivity contribution in [1.82, 2.24) is 0 Å². The summed E-state index contributed by atoms with van der Waals surface area (Å²) in [5, 5.41) is 19.6. The fourth-order valence-electron chi connectivity index (χ4n) is 1.62. The molecule has 0 spiro atoms. The highest BCUT2D eigenvalue weighted by atomic mass is 19.2. The number of Topliss-reactive ketones (excluding diaryl/α,β-unsaturated/α-hetero) is 1. The minimum atomic E-state index is -1.41. The highest BCUT2D eigenvalue weighted by molar-refractivity contribution is 6.02. The minimum Gasteiger partial charge on any atom is -0.292 e. The molecule has 19 heavy (non-hydrogen) atoms. The third-order valence-corrected chi connectivity index (χ3v) is 2.55. The van der Waals surface area contributed by atoms with Crippen LogP contribution in [0.4, 0.5) is 14.5 Å². The van der Waals surface area contributed by atoms with Crippen LogP contribution in [0.2, 0.25) is 0 Å². The number of ketones is 1. The quantitative estimate of drug-likeness (QED) is 0.466. The average Bonchev–Trinajstić information content (AvgIpc) is 2.37. The van der Waals surface area contributed by atoms with Crippen LogP contribution in [-0.2, 0) is 0 Å². The zero-order valence-corrected chi connectivity index (χ0v) is 10.0. The number of nitro groups is 1. The van der Waals surface area contributed by atoms with E-state index in [9.17, 15) is 23.7 Å². The standard InChI is InChI=1S/C12H10F2N2O3/c1-2-3-7(6-15)12(17)8-4-9(13)10(14)5-11(8)16(18)19/h4-5,7H,2-3H2,1H3. The molecule has 0 bridgehead atoms. The molecule has 0 aromatic heterocycles. The third-order valence-electron chi connectivity index (χ3n) is 2.55. The molecule has 5 nitrogen and oxygen atoms in total. The molecule has 0 aliphatic carbocycles. The first kappa shape index (κ1) is 14.7. The molecule has 7 heteroatoms. The van der Waals surface area contributed by atoms with Gasteiger partial charge in [-0.2, -0.15) is 5.26 Å². The van der Waals surface area contributed by atoms with E-state index in [4.69, 9.17) is 5.26 Å². The lowest BCUT2D eigenvalue weighted by Crippen LogP contribution is -2.15. The minimum absolute atomic E-state index is 0.200. The molecular formula is C12H10F2N2O3. The Kier molecular flexibility index (Phi) is 4.64. The van der Waals surface area contributed by atoms with Gasteiger partial charge in [0.1, 0.15) is 5.92 Å². The van der Waals surface area contributed by atoms with E-state index in [1.54, 1.807) is 13.0 Å². The van der Waals surface area contributed by atoms with Crippen molar-refractivity contribution < 1.29 is 18.5 Å². The number of nitrogens with zero attached hydrogens (tertiary/aromatic N) is 2. The molecule has 0 aliphatic rings. The van der Waals surface area contributed by atoms with Crippen LogP contribution >= 0.6 is 0 Å². The van der Waals surface area contributed by atoms with Crippen molar-refractivity contribution in [3.05, 3.63) is 39.4 Å². The second-order valence-electron chi connectivity index (χ2n) is 3.88. The van der Waals surface area contributed by atoms with E-state index in [1.807, 2.05) is 0 Å². The van der Waals surface area contributed by atoms with Crippen molar-refractivity contribution in [1.29, 1.82) is 5.26 Å². The molecule has 0 saturated heterocycles. The van der Waals surface area contributed by atoms with Gasteiger partial charge >= 0.3 is 0 Å². The molecule has 100 valence electrons. The van der Waals surface area contributed by atoms with E-state index in [2.05, 4.69) is 0 Å². The second kappa shape index (κ2) is 6.00. The summed E-state index contributed by atoms with van der Waals surface area (Å²) in [6.45, 7) is 1.73. The largest absolute Gasteiger partial charge is 0.292 e. The first-order valence-corrected chi connectivity index (χ1v) is 5.49. The van der Waals surface area contributed by atoms with Gasteiger partial charge in [-0.3, -0.25) is 14.9 Å². The van der Waals surface area contributed by atoms with E-state index in [-0.39, 0.29) is 6.42 Å². The zero-order valence-electron chi connectivity index (χ0n) is 10.0. The lowest BCUT2D eigenvalue weighted by Gasteiger charge is -2.07. The fourth-order valence-corrected chi connectivity index (χ4v) is 1.62. The molecule has 0 radical (unpaired) electrons. The van der Waals surface area contributed by atoms with Crippen LogP contribution in [0.5, 0.6) is 0 Å². The van der Waals surface area contributed by atoms with Gasteiger partial charge in [0, 0.05) is 0 Å². The second-order valence-corrected chi connectivity index (χ2v) is 3.88. The summed E-state index contributed by atoms with van der Waals surface area (Å²) in [7, 11) is 0. The Morgan fingerprint density at radius 1 is 1.47 bits per heavy atom. The van der Waals surface area contributed by atoms with Crippen molar-refractivity contribution in [2.75, 3.05) is 0 Å². The van der Waals surface area contributed by atoms with Crippen molar-refractivity contribution in [3.63, 3.8) is 0 Å². The van der Waals surface area contributed by atoms with Crippen molar-refractivity contribution >= 4 is 11.5 Å². The maximum Gasteiger partial charge on any atom is 0.283 e. The Hall–Kier alpha value is -2.36. The molecule has 0 heterocycles. The molecule has 0 amide bonds. The summed E-state index contributed by atoms with van der Waals surface area (Å²) in [6, 6.07) is 2.53. The molecule has 1 aromatic carbocycles. The lowest BCUT2D eigenvalue weighted by atomic mass is 9.93. The normalized spacial score (nSPS) is 11.7. The highest BCUT2D eigenvalue weighted by Crippen LogP contribution is 2.26. The number of hydrogen-bond donors (Lipinski definition) is 0. The number of carbonyl (C=O) groups excluding carboxylic acids is 1. The van der Waals surface area contributed by atoms with Crippen LogP contribution in [0.25, 0.3) is 0 Å². The summed E-state index contributed by atoms with van der Waals surface area (Å²) >= 11 is 0. The Labute approximate surface area is 107 Å². The van der Waals surface area contributed by atoms with Crippen LogP contribution in [-0.4, -0.2) is 10.7 Å². The molecule has 0 N–H and O–H groups in total. The number of nitro benzene ring substituents is 1. The Morgan fingerprint density at radius 3 is 2.53 bits per heavy atom. The Balaban J connectivity index is 3.33. The van der Waals surface area contributed by atoms with Crippen LogP contribution < -0.4 is 0 Å².